The van der Waals surface area contributed by atoms with Crippen LogP contribution in [0.1, 0.15) is 18.4 Å². The molecule has 0 saturated heterocycles. The molecule has 2 aromatic rings. The lowest BCUT2D eigenvalue weighted by Gasteiger charge is -2.10. The quantitative estimate of drug-likeness (QED) is 0.488. The molecule has 0 radical (unpaired) electrons. The molecule has 98 valence electrons. The summed E-state index contributed by atoms with van der Waals surface area (Å²) in [6.07, 6.45) is 4.80. The average molecular weight is 321 g/mol. The molecule has 1 heterocycles. The number of nitrogens with zero attached hydrogens (tertiary/aromatic N) is 2. The van der Waals surface area contributed by atoms with Gasteiger partial charge in [-0.1, -0.05) is 15.9 Å². The molecule has 0 amide bonds. The molecular weight excluding hydrogens is 308 g/mol. The van der Waals surface area contributed by atoms with Crippen molar-refractivity contribution in [2.24, 2.45) is 5.92 Å². The Hall–Kier alpha value is -1.49. The maximum Gasteiger partial charge on any atom is 0.281 e. The van der Waals surface area contributed by atoms with Crippen molar-refractivity contribution in [2.45, 2.75) is 24.1 Å². The third-order valence-electron chi connectivity index (χ3n) is 3.57. The van der Waals surface area contributed by atoms with Gasteiger partial charge in [0.2, 0.25) is 0 Å². The number of benzene rings is 1. The van der Waals surface area contributed by atoms with Gasteiger partial charge in [0, 0.05) is 16.6 Å². The fraction of sp³-hybridized carbons (Fsp3) is 0.357. The summed E-state index contributed by atoms with van der Waals surface area (Å²) in [5.41, 5.74) is 1.67. The van der Waals surface area contributed by atoms with Crippen LogP contribution in [0.15, 0.2) is 30.5 Å². The van der Waals surface area contributed by atoms with Crippen molar-refractivity contribution in [3.05, 3.63) is 46.1 Å². The molecular formula is C14H13BrN2O2. The van der Waals surface area contributed by atoms with E-state index in [1.807, 2.05) is 12.1 Å². The predicted octanol–water partition coefficient (Wildman–Crippen LogP) is 3.86. The Balaban J connectivity index is 2.07. The highest BCUT2D eigenvalue weighted by Gasteiger charge is 2.31. The van der Waals surface area contributed by atoms with Gasteiger partial charge in [0.15, 0.2) is 0 Å². The third-order valence-corrected chi connectivity index (χ3v) is 4.64. The first-order valence-electron chi connectivity index (χ1n) is 6.32. The molecule has 4 nitrogen and oxygen atoms in total. The number of hydrogen-bond acceptors (Lipinski definition) is 3. The molecule has 5 heteroatoms. The largest absolute Gasteiger partial charge is 0.281 e. The highest BCUT2D eigenvalue weighted by molar-refractivity contribution is 9.09. The SMILES string of the molecule is O=[N+]([O-])c1c(CC(Br)C2CC2)ccc2ncccc12. The van der Waals surface area contributed by atoms with E-state index in [0.29, 0.717) is 28.1 Å². The second-order valence-corrected chi connectivity index (χ2v) is 6.13. The summed E-state index contributed by atoms with van der Waals surface area (Å²) in [6, 6.07) is 7.21. The first kappa shape index (κ1) is 12.5. The molecule has 1 aromatic heterocycles. The summed E-state index contributed by atoms with van der Waals surface area (Å²) >= 11 is 3.65. The van der Waals surface area contributed by atoms with Crippen LogP contribution < -0.4 is 0 Å². The van der Waals surface area contributed by atoms with Gasteiger partial charge >= 0.3 is 0 Å². The molecule has 1 fully saturated rings. The molecule has 0 aliphatic heterocycles. The minimum absolute atomic E-state index is 0.204. The molecule has 19 heavy (non-hydrogen) atoms. The number of hydrogen-bond donors (Lipinski definition) is 0. The van der Waals surface area contributed by atoms with Crippen LogP contribution in [-0.4, -0.2) is 14.7 Å². The van der Waals surface area contributed by atoms with Gasteiger partial charge in [-0.05, 0) is 49.4 Å². The lowest BCUT2D eigenvalue weighted by molar-refractivity contribution is -0.383. The zero-order valence-electron chi connectivity index (χ0n) is 10.3. The van der Waals surface area contributed by atoms with E-state index >= 15 is 0 Å². The van der Waals surface area contributed by atoms with Crippen molar-refractivity contribution in [2.75, 3.05) is 0 Å². The Morgan fingerprint density at radius 1 is 1.42 bits per heavy atom. The van der Waals surface area contributed by atoms with Gasteiger partial charge in [-0.15, -0.1) is 0 Å². The molecule has 1 aliphatic carbocycles. The van der Waals surface area contributed by atoms with Gasteiger partial charge in [0.25, 0.3) is 5.69 Å². The second-order valence-electron chi connectivity index (χ2n) is 4.96. The highest BCUT2D eigenvalue weighted by Crippen LogP contribution is 2.40. The van der Waals surface area contributed by atoms with Crippen molar-refractivity contribution >= 4 is 32.5 Å². The van der Waals surface area contributed by atoms with Crippen LogP contribution in [0.5, 0.6) is 0 Å². The van der Waals surface area contributed by atoms with Gasteiger partial charge in [0.05, 0.1) is 15.8 Å². The van der Waals surface area contributed by atoms with Crippen LogP contribution in [0.4, 0.5) is 5.69 Å². The Morgan fingerprint density at radius 2 is 2.21 bits per heavy atom. The average Bonchev–Trinajstić information content (AvgIpc) is 3.22. The number of nitro benzene ring substituents is 1. The zero-order chi connectivity index (χ0) is 13.4. The first-order chi connectivity index (χ1) is 9.16. The Labute approximate surface area is 119 Å². The summed E-state index contributed by atoms with van der Waals surface area (Å²) < 4.78 is 0. The molecule has 1 unspecified atom stereocenters. The van der Waals surface area contributed by atoms with Crippen LogP contribution >= 0.6 is 15.9 Å². The van der Waals surface area contributed by atoms with E-state index in [4.69, 9.17) is 0 Å². The lowest BCUT2D eigenvalue weighted by atomic mass is 10.0. The first-order valence-corrected chi connectivity index (χ1v) is 7.23. The molecule has 1 saturated carbocycles. The Bertz CT molecular complexity index is 640. The summed E-state index contributed by atoms with van der Waals surface area (Å²) in [5.74, 6) is 0.671. The van der Waals surface area contributed by atoms with Gasteiger partial charge in [-0.25, -0.2) is 0 Å². The van der Waals surface area contributed by atoms with Gasteiger partial charge in [-0.2, -0.15) is 0 Å². The van der Waals surface area contributed by atoms with Crippen molar-refractivity contribution in [3.8, 4) is 0 Å². The van der Waals surface area contributed by atoms with Crippen LogP contribution in [0.3, 0.4) is 0 Å². The number of nitro groups is 1. The Morgan fingerprint density at radius 3 is 2.89 bits per heavy atom. The van der Waals surface area contributed by atoms with Gasteiger partial charge in [0.1, 0.15) is 0 Å². The topological polar surface area (TPSA) is 56.0 Å². The number of pyridine rings is 1. The smallest absolute Gasteiger partial charge is 0.258 e. The monoisotopic (exact) mass is 320 g/mol. The maximum absolute atomic E-state index is 11.4. The van der Waals surface area contributed by atoms with E-state index in [1.54, 1.807) is 18.3 Å². The number of fused-ring (bicyclic) bond motifs is 1. The van der Waals surface area contributed by atoms with Crippen LogP contribution in [-0.2, 0) is 6.42 Å². The molecule has 0 N–H and O–H groups in total. The maximum atomic E-state index is 11.4. The summed E-state index contributed by atoms with van der Waals surface area (Å²) in [5, 5.41) is 12.0. The van der Waals surface area contributed by atoms with E-state index < -0.39 is 0 Å². The molecule has 3 rings (SSSR count). The van der Waals surface area contributed by atoms with E-state index in [0.717, 1.165) is 5.56 Å². The van der Waals surface area contributed by atoms with Crippen molar-refractivity contribution in [3.63, 3.8) is 0 Å². The molecule has 0 spiro atoms. The predicted molar refractivity (Wildman–Crippen MR) is 77.5 cm³/mol. The summed E-state index contributed by atoms with van der Waals surface area (Å²) in [7, 11) is 0. The van der Waals surface area contributed by atoms with E-state index in [1.165, 1.54) is 12.8 Å². The zero-order valence-corrected chi connectivity index (χ0v) is 11.8. The fourth-order valence-corrected chi connectivity index (χ4v) is 3.27. The van der Waals surface area contributed by atoms with Crippen LogP contribution in [0, 0.1) is 16.0 Å². The number of aromatic nitrogens is 1. The molecule has 1 aromatic carbocycles. The third kappa shape index (κ3) is 2.47. The molecule has 1 aliphatic rings. The van der Waals surface area contributed by atoms with Gasteiger partial charge < -0.3 is 0 Å². The standard InChI is InChI=1S/C14H13BrN2O2/c15-12(9-3-4-9)8-10-5-6-13-11(2-1-7-16-13)14(10)17(18)19/h1-2,5-7,9,12H,3-4,8H2. The minimum atomic E-state index is -0.286. The summed E-state index contributed by atoms with van der Waals surface area (Å²) in [4.78, 5) is 15.6. The fourth-order valence-electron chi connectivity index (χ4n) is 2.40. The second kappa shape index (κ2) is 4.89. The number of rotatable bonds is 4. The lowest BCUT2D eigenvalue weighted by Crippen LogP contribution is -2.07. The van der Waals surface area contributed by atoms with Crippen molar-refractivity contribution < 1.29 is 4.92 Å². The van der Waals surface area contributed by atoms with Crippen LogP contribution in [0.2, 0.25) is 0 Å². The van der Waals surface area contributed by atoms with E-state index in [-0.39, 0.29) is 10.6 Å². The number of alkyl halides is 1. The van der Waals surface area contributed by atoms with E-state index in [9.17, 15) is 10.1 Å². The normalized spacial score (nSPS) is 16.5. The Kier molecular flexibility index (Phi) is 3.22. The summed E-state index contributed by atoms with van der Waals surface area (Å²) in [6.45, 7) is 0. The number of halogens is 1. The van der Waals surface area contributed by atoms with Crippen LogP contribution in [0.25, 0.3) is 10.9 Å². The van der Waals surface area contributed by atoms with Crippen molar-refractivity contribution in [1.82, 2.24) is 4.98 Å². The van der Waals surface area contributed by atoms with Crippen molar-refractivity contribution in [1.29, 1.82) is 0 Å². The minimum Gasteiger partial charge on any atom is -0.258 e. The van der Waals surface area contributed by atoms with E-state index in [2.05, 4.69) is 20.9 Å². The molecule has 1 atom stereocenters. The molecule has 0 bridgehead atoms. The highest BCUT2D eigenvalue weighted by atomic mass is 79.9. The van der Waals surface area contributed by atoms with Gasteiger partial charge in [-0.3, -0.25) is 15.1 Å².